The molecule has 1 aromatic rings. The van der Waals surface area contributed by atoms with E-state index >= 15 is 0 Å². The number of rotatable bonds is 3. The van der Waals surface area contributed by atoms with Gasteiger partial charge >= 0.3 is 6.03 Å². The zero-order chi connectivity index (χ0) is 19.5. The minimum Gasteiger partial charge on any atom is -0.381 e. The number of hydrogen-bond donors (Lipinski definition) is 1. The maximum absolute atomic E-state index is 12.7. The maximum Gasteiger partial charge on any atom is 0.317 e. The minimum atomic E-state index is -0.256. The Hall–Kier alpha value is -1.01. The van der Waals surface area contributed by atoms with Crippen molar-refractivity contribution in [2.75, 3.05) is 39.5 Å². The van der Waals surface area contributed by atoms with E-state index in [1.807, 2.05) is 17.0 Å². The second kappa shape index (κ2) is 8.56. The number of nitrogens with zero attached hydrogens (tertiary/aromatic N) is 1. The number of ether oxygens (including phenoxy) is 2. The fourth-order valence-corrected chi connectivity index (χ4v) is 3.96. The predicted molar refractivity (Wildman–Crippen MR) is 108 cm³/mol. The highest BCUT2D eigenvalue weighted by Gasteiger charge is 2.36. The third-order valence-electron chi connectivity index (χ3n) is 5.68. The van der Waals surface area contributed by atoms with Crippen LogP contribution in [0.3, 0.4) is 0 Å². The molecule has 1 N–H and O–H groups in total. The van der Waals surface area contributed by atoms with E-state index in [9.17, 15) is 4.79 Å². The summed E-state index contributed by atoms with van der Waals surface area (Å²) in [5, 5.41) is 4.14. The summed E-state index contributed by atoms with van der Waals surface area (Å²) in [4.78, 5) is 14.6. The Morgan fingerprint density at radius 3 is 2.59 bits per heavy atom. The van der Waals surface area contributed by atoms with Crippen LogP contribution >= 0.6 is 23.2 Å². The molecule has 2 fully saturated rings. The first kappa shape index (κ1) is 20.7. The zero-order valence-electron chi connectivity index (χ0n) is 16.0. The maximum atomic E-state index is 12.7. The van der Waals surface area contributed by atoms with E-state index in [0.717, 1.165) is 38.0 Å². The van der Waals surface area contributed by atoms with E-state index in [4.69, 9.17) is 32.7 Å². The molecular weight excluding hydrogens is 387 g/mol. The van der Waals surface area contributed by atoms with Crippen molar-refractivity contribution < 1.29 is 14.3 Å². The molecule has 0 saturated carbocycles. The van der Waals surface area contributed by atoms with Crippen LogP contribution in [-0.4, -0.2) is 56.0 Å². The van der Waals surface area contributed by atoms with Gasteiger partial charge in [-0.05, 0) is 37.0 Å². The van der Waals surface area contributed by atoms with Crippen molar-refractivity contribution in [3.63, 3.8) is 0 Å². The lowest BCUT2D eigenvalue weighted by Crippen LogP contribution is -2.46. The Morgan fingerprint density at radius 2 is 1.89 bits per heavy atom. The highest BCUT2D eigenvalue weighted by molar-refractivity contribution is 6.42. The lowest BCUT2D eigenvalue weighted by Gasteiger charge is -2.35. The predicted octanol–water partition coefficient (Wildman–Crippen LogP) is 4.25. The van der Waals surface area contributed by atoms with Crippen molar-refractivity contribution in [2.45, 2.75) is 44.1 Å². The summed E-state index contributed by atoms with van der Waals surface area (Å²) >= 11 is 12.2. The molecule has 2 saturated heterocycles. The molecule has 1 aromatic carbocycles. The number of urea groups is 1. The molecular formula is C20H28Cl2N2O3. The van der Waals surface area contributed by atoms with Gasteiger partial charge in [-0.25, -0.2) is 4.79 Å². The summed E-state index contributed by atoms with van der Waals surface area (Å²) < 4.78 is 11.6. The largest absolute Gasteiger partial charge is 0.381 e. The molecule has 3 rings (SSSR count). The monoisotopic (exact) mass is 414 g/mol. The van der Waals surface area contributed by atoms with Crippen LogP contribution in [0.1, 0.15) is 38.7 Å². The molecule has 7 heteroatoms. The molecule has 0 radical (unpaired) electrons. The number of carbonyl (C=O) groups is 1. The number of benzene rings is 1. The second-order valence-corrected chi connectivity index (χ2v) is 8.87. The number of halogens is 2. The van der Waals surface area contributed by atoms with Crippen molar-refractivity contribution >= 4 is 29.2 Å². The molecule has 0 aromatic heterocycles. The van der Waals surface area contributed by atoms with Gasteiger partial charge in [-0.2, -0.15) is 0 Å². The van der Waals surface area contributed by atoms with Gasteiger partial charge in [0, 0.05) is 38.3 Å². The van der Waals surface area contributed by atoms with E-state index in [-0.39, 0.29) is 17.0 Å². The van der Waals surface area contributed by atoms with Crippen LogP contribution in [0.4, 0.5) is 4.79 Å². The second-order valence-electron chi connectivity index (χ2n) is 8.05. The standard InChI is InChI=1S/C20H28Cl2N2O3/c1-19(2,15-3-4-16(21)17(22)13-15)14-23-18(25)24-8-5-20(27-12-9-24)6-10-26-11-7-20/h3-4,13H,5-12,14H2,1-2H3,(H,23,25). The molecule has 0 bridgehead atoms. The normalized spacial score (nSPS) is 20.4. The Morgan fingerprint density at radius 1 is 1.15 bits per heavy atom. The Labute approximate surface area is 171 Å². The van der Waals surface area contributed by atoms with Crippen molar-refractivity contribution in [3.8, 4) is 0 Å². The zero-order valence-corrected chi connectivity index (χ0v) is 17.5. The van der Waals surface area contributed by atoms with Crippen molar-refractivity contribution in [1.82, 2.24) is 10.2 Å². The Balaban J connectivity index is 1.56. The Bertz CT molecular complexity index is 675. The summed E-state index contributed by atoms with van der Waals surface area (Å²) in [6.07, 6.45) is 2.68. The first-order valence-corrected chi connectivity index (χ1v) is 10.3. The molecule has 2 aliphatic rings. The molecule has 2 heterocycles. The average molecular weight is 415 g/mol. The molecule has 0 unspecified atom stereocenters. The lowest BCUT2D eigenvalue weighted by molar-refractivity contribution is -0.105. The van der Waals surface area contributed by atoms with Crippen LogP contribution in [0.25, 0.3) is 0 Å². The van der Waals surface area contributed by atoms with E-state index in [1.54, 1.807) is 6.07 Å². The summed E-state index contributed by atoms with van der Waals surface area (Å²) in [7, 11) is 0. The lowest BCUT2D eigenvalue weighted by atomic mass is 9.84. The highest BCUT2D eigenvalue weighted by atomic mass is 35.5. The van der Waals surface area contributed by atoms with Gasteiger partial charge in [0.15, 0.2) is 0 Å². The van der Waals surface area contributed by atoms with Gasteiger partial charge in [0.05, 0.1) is 22.3 Å². The number of hydrogen-bond acceptors (Lipinski definition) is 3. The van der Waals surface area contributed by atoms with Gasteiger partial charge in [-0.1, -0.05) is 43.1 Å². The molecule has 2 amide bonds. The smallest absolute Gasteiger partial charge is 0.317 e. The van der Waals surface area contributed by atoms with Gasteiger partial charge in [0.25, 0.3) is 0 Å². The van der Waals surface area contributed by atoms with Crippen LogP contribution < -0.4 is 5.32 Å². The molecule has 27 heavy (non-hydrogen) atoms. The number of carbonyl (C=O) groups excluding carboxylic acids is 1. The van der Waals surface area contributed by atoms with Crippen molar-refractivity contribution in [3.05, 3.63) is 33.8 Å². The topological polar surface area (TPSA) is 50.8 Å². The van der Waals surface area contributed by atoms with Gasteiger partial charge in [0.2, 0.25) is 0 Å². The van der Waals surface area contributed by atoms with E-state index in [1.165, 1.54) is 0 Å². The fraction of sp³-hybridized carbons (Fsp3) is 0.650. The SMILES string of the molecule is CC(C)(CNC(=O)N1CCOC2(CCOCC2)CC1)c1ccc(Cl)c(Cl)c1. The molecule has 0 atom stereocenters. The van der Waals surface area contributed by atoms with Crippen molar-refractivity contribution in [1.29, 1.82) is 0 Å². The van der Waals surface area contributed by atoms with E-state index in [2.05, 4.69) is 19.2 Å². The van der Waals surface area contributed by atoms with Crippen LogP contribution in [0, 0.1) is 0 Å². The van der Waals surface area contributed by atoms with Crippen LogP contribution in [0.2, 0.25) is 10.0 Å². The third kappa shape index (κ3) is 5.08. The molecule has 0 aliphatic carbocycles. The molecule has 1 spiro atoms. The molecule has 5 nitrogen and oxygen atoms in total. The summed E-state index contributed by atoms with van der Waals surface area (Å²) in [5.41, 5.74) is 0.665. The summed E-state index contributed by atoms with van der Waals surface area (Å²) in [6, 6.07) is 5.57. The van der Waals surface area contributed by atoms with Gasteiger partial charge in [-0.15, -0.1) is 0 Å². The first-order chi connectivity index (χ1) is 12.8. The van der Waals surface area contributed by atoms with E-state index < -0.39 is 0 Å². The van der Waals surface area contributed by atoms with Gasteiger partial charge in [0.1, 0.15) is 0 Å². The number of amides is 2. The van der Waals surface area contributed by atoms with Crippen LogP contribution in [0.5, 0.6) is 0 Å². The highest BCUT2D eigenvalue weighted by Crippen LogP contribution is 2.31. The van der Waals surface area contributed by atoms with Gasteiger partial charge in [-0.3, -0.25) is 0 Å². The van der Waals surface area contributed by atoms with Crippen LogP contribution in [0.15, 0.2) is 18.2 Å². The van der Waals surface area contributed by atoms with E-state index in [0.29, 0.717) is 36.3 Å². The van der Waals surface area contributed by atoms with Crippen molar-refractivity contribution in [2.24, 2.45) is 0 Å². The Kier molecular flexibility index (Phi) is 6.57. The van der Waals surface area contributed by atoms with Gasteiger partial charge < -0.3 is 19.7 Å². The fourth-order valence-electron chi connectivity index (χ4n) is 3.66. The quantitative estimate of drug-likeness (QED) is 0.803. The minimum absolute atomic E-state index is 0.0455. The third-order valence-corrected chi connectivity index (χ3v) is 6.42. The molecule has 2 aliphatic heterocycles. The summed E-state index contributed by atoms with van der Waals surface area (Å²) in [6.45, 7) is 8.04. The first-order valence-electron chi connectivity index (χ1n) is 9.51. The average Bonchev–Trinajstić information content (AvgIpc) is 2.85. The summed E-state index contributed by atoms with van der Waals surface area (Å²) in [5.74, 6) is 0. The molecule has 150 valence electrons. The number of nitrogens with one attached hydrogen (secondary N) is 1. The van der Waals surface area contributed by atoms with Crippen LogP contribution in [-0.2, 0) is 14.9 Å².